The number of halogens is 1. The molecule has 28 heavy (non-hydrogen) atoms. The van der Waals surface area contributed by atoms with E-state index in [4.69, 9.17) is 20.8 Å². The van der Waals surface area contributed by atoms with Crippen LogP contribution in [0.15, 0.2) is 51.7 Å². The van der Waals surface area contributed by atoms with Crippen LogP contribution in [-0.4, -0.2) is 10.9 Å². The minimum atomic E-state index is -0.826. The molecule has 0 amide bonds. The number of carbonyl (C=O) groups excluding carboxylic acids is 1. The van der Waals surface area contributed by atoms with Gasteiger partial charge in [0.25, 0.3) is 5.69 Å². The van der Waals surface area contributed by atoms with Gasteiger partial charge in [-0.25, -0.2) is 9.59 Å². The van der Waals surface area contributed by atoms with Gasteiger partial charge in [-0.3, -0.25) is 10.1 Å². The number of unbranched alkanes of at least 4 members (excludes halogenated alkanes) is 1. The van der Waals surface area contributed by atoms with E-state index in [-0.39, 0.29) is 27.5 Å². The van der Waals surface area contributed by atoms with Gasteiger partial charge in [0.05, 0.1) is 21.4 Å². The third-order valence-electron chi connectivity index (χ3n) is 4.21. The second-order valence-corrected chi connectivity index (χ2v) is 6.52. The van der Waals surface area contributed by atoms with Crippen LogP contribution in [0, 0.1) is 10.1 Å². The van der Waals surface area contributed by atoms with Crippen molar-refractivity contribution in [1.29, 1.82) is 0 Å². The quantitative estimate of drug-likeness (QED) is 0.251. The molecule has 1 aromatic heterocycles. The van der Waals surface area contributed by atoms with Gasteiger partial charge in [0.15, 0.2) is 5.75 Å². The summed E-state index contributed by atoms with van der Waals surface area (Å²) < 4.78 is 10.9. The number of ether oxygens (including phenoxy) is 1. The molecule has 3 aromatic rings. The lowest BCUT2D eigenvalue weighted by atomic mass is 10.1. The summed E-state index contributed by atoms with van der Waals surface area (Å²) in [7, 11) is 0. The van der Waals surface area contributed by atoms with E-state index in [0.717, 1.165) is 12.5 Å². The molecule has 0 saturated heterocycles. The molecule has 2 aromatic carbocycles. The Hall–Kier alpha value is -3.19. The highest BCUT2D eigenvalue weighted by molar-refractivity contribution is 6.32. The molecule has 0 aliphatic heterocycles. The van der Waals surface area contributed by atoms with Crippen molar-refractivity contribution in [1.82, 2.24) is 0 Å². The van der Waals surface area contributed by atoms with Gasteiger partial charge >= 0.3 is 11.6 Å². The number of hydrogen-bond donors (Lipinski definition) is 0. The Kier molecular flexibility index (Phi) is 5.75. The zero-order valence-electron chi connectivity index (χ0n) is 14.9. The monoisotopic (exact) mass is 401 g/mol. The summed E-state index contributed by atoms with van der Waals surface area (Å²) in [5.41, 5.74) is -0.471. The van der Waals surface area contributed by atoms with E-state index in [1.54, 1.807) is 24.3 Å². The van der Waals surface area contributed by atoms with Gasteiger partial charge < -0.3 is 9.15 Å². The molecule has 0 unspecified atom stereocenters. The average Bonchev–Trinajstić information content (AvgIpc) is 2.67. The molecule has 7 nitrogen and oxygen atoms in total. The summed E-state index contributed by atoms with van der Waals surface area (Å²) in [6, 6.07) is 10.3. The van der Waals surface area contributed by atoms with E-state index < -0.39 is 22.2 Å². The molecular formula is C20H16ClNO6. The van der Waals surface area contributed by atoms with Crippen LogP contribution in [0.4, 0.5) is 5.69 Å². The van der Waals surface area contributed by atoms with Gasteiger partial charge in [-0.1, -0.05) is 37.1 Å². The molecule has 0 aliphatic carbocycles. The smallest absolute Gasteiger partial charge is 0.343 e. The summed E-state index contributed by atoms with van der Waals surface area (Å²) >= 11 is 5.79. The highest BCUT2D eigenvalue weighted by atomic mass is 35.5. The van der Waals surface area contributed by atoms with E-state index in [1.807, 2.05) is 6.92 Å². The normalized spacial score (nSPS) is 10.8. The zero-order chi connectivity index (χ0) is 20.3. The molecule has 0 radical (unpaired) electrons. The van der Waals surface area contributed by atoms with Crippen molar-refractivity contribution in [2.75, 3.05) is 0 Å². The van der Waals surface area contributed by atoms with Gasteiger partial charge in [0, 0.05) is 6.07 Å². The number of nitro benzene ring substituents is 1. The van der Waals surface area contributed by atoms with Crippen LogP contribution in [0.1, 0.15) is 35.7 Å². The fourth-order valence-electron chi connectivity index (χ4n) is 2.78. The highest BCUT2D eigenvalue weighted by Crippen LogP contribution is 2.30. The van der Waals surface area contributed by atoms with E-state index in [1.165, 1.54) is 12.1 Å². The first-order chi connectivity index (χ1) is 13.4. The number of carbonyl (C=O) groups is 1. The molecule has 144 valence electrons. The summed E-state index contributed by atoms with van der Waals surface area (Å²) in [5, 5.41) is 11.5. The van der Waals surface area contributed by atoms with Crippen molar-refractivity contribution in [3.63, 3.8) is 0 Å². The fraction of sp³-hybridized carbons (Fsp3) is 0.200. The van der Waals surface area contributed by atoms with Gasteiger partial charge in [0.1, 0.15) is 10.6 Å². The molecule has 0 spiro atoms. The van der Waals surface area contributed by atoms with Crippen molar-refractivity contribution in [3.8, 4) is 5.75 Å². The number of benzene rings is 2. The third kappa shape index (κ3) is 3.89. The molecule has 0 fully saturated rings. The number of hydrogen-bond acceptors (Lipinski definition) is 6. The Balaban J connectivity index is 2.08. The molecule has 3 rings (SSSR count). The van der Waals surface area contributed by atoms with Gasteiger partial charge in [0.2, 0.25) is 0 Å². The molecule has 0 atom stereocenters. The van der Waals surface area contributed by atoms with Crippen molar-refractivity contribution < 1.29 is 18.9 Å². The molecular weight excluding hydrogens is 386 g/mol. The summed E-state index contributed by atoms with van der Waals surface area (Å²) in [6.45, 7) is 1.97. The lowest BCUT2D eigenvalue weighted by Gasteiger charge is -2.12. The Morgan fingerprint density at radius 2 is 2.00 bits per heavy atom. The third-order valence-corrected chi connectivity index (χ3v) is 4.53. The molecule has 8 heteroatoms. The Morgan fingerprint density at radius 1 is 1.25 bits per heavy atom. The summed E-state index contributed by atoms with van der Waals surface area (Å²) in [4.78, 5) is 35.4. The lowest BCUT2D eigenvalue weighted by molar-refractivity contribution is -0.384. The predicted molar refractivity (Wildman–Crippen MR) is 104 cm³/mol. The molecule has 0 N–H and O–H groups in total. The summed E-state index contributed by atoms with van der Waals surface area (Å²) in [5.74, 6) is -0.712. The Bertz CT molecular complexity index is 1120. The second-order valence-electron chi connectivity index (χ2n) is 6.11. The van der Waals surface area contributed by atoms with Gasteiger partial charge in [-0.15, -0.1) is 0 Å². The fourth-order valence-corrected chi connectivity index (χ4v) is 2.96. The van der Waals surface area contributed by atoms with Crippen LogP contribution >= 0.6 is 11.6 Å². The maximum atomic E-state index is 12.7. The van der Waals surface area contributed by atoms with E-state index in [2.05, 4.69) is 0 Å². The molecule has 1 heterocycles. The zero-order valence-corrected chi connectivity index (χ0v) is 15.7. The number of para-hydroxylation sites is 1. The SMILES string of the molecule is CCCCc1c(OC(=O)c2ccc(Cl)c([N+](=O)[O-])c2)c2ccccc2oc1=O. The van der Waals surface area contributed by atoms with Crippen LogP contribution < -0.4 is 10.4 Å². The van der Waals surface area contributed by atoms with Crippen molar-refractivity contribution >= 4 is 34.2 Å². The van der Waals surface area contributed by atoms with Crippen molar-refractivity contribution in [3.05, 3.63) is 79.1 Å². The average molecular weight is 402 g/mol. The van der Waals surface area contributed by atoms with E-state index in [0.29, 0.717) is 18.2 Å². The van der Waals surface area contributed by atoms with Gasteiger partial charge in [-0.05, 0) is 37.1 Å². The first-order valence-corrected chi connectivity index (χ1v) is 9.01. The first kappa shape index (κ1) is 19.6. The Labute approximate surface area is 164 Å². The van der Waals surface area contributed by atoms with Crippen molar-refractivity contribution in [2.24, 2.45) is 0 Å². The second kappa shape index (κ2) is 8.22. The maximum Gasteiger partial charge on any atom is 0.343 e. The molecule has 0 aliphatic rings. The molecule has 0 saturated carbocycles. The lowest BCUT2D eigenvalue weighted by Crippen LogP contribution is -2.16. The minimum Gasteiger partial charge on any atom is -0.422 e. The number of nitro groups is 1. The van der Waals surface area contributed by atoms with Crippen LogP contribution in [-0.2, 0) is 6.42 Å². The first-order valence-electron chi connectivity index (χ1n) is 8.63. The van der Waals surface area contributed by atoms with Crippen LogP contribution in [0.3, 0.4) is 0 Å². The highest BCUT2D eigenvalue weighted by Gasteiger charge is 2.22. The Morgan fingerprint density at radius 3 is 2.71 bits per heavy atom. The predicted octanol–water partition coefficient (Wildman–Crippen LogP) is 4.92. The van der Waals surface area contributed by atoms with E-state index >= 15 is 0 Å². The number of rotatable bonds is 6. The van der Waals surface area contributed by atoms with Crippen LogP contribution in [0.25, 0.3) is 11.0 Å². The topological polar surface area (TPSA) is 99.7 Å². The standard InChI is InChI=1S/C20H16ClNO6/c1-2-3-6-14-18(13-7-4-5-8-17(13)27-20(14)24)28-19(23)12-9-10-15(21)16(11-12)22(25)26/h4-5,7-11H,2-3,6H2,1H3. The van der Waals surface area contributed by atoms with Gasteiger partial charge in [-0.2, -0.15) is 0 Å². The maximum absolute atomic E-state index is 12.7. The molecule has 0 bridgehead atoms. The van der Waals surface area contributed by atoms with E-state index in [9.17, 15) is 19.7 Å². The summed E-state index contributed by atoms with van der Waals surface area (Å²) in [6.07, 6.45) is 1.93. The largest absolute Gasteiger partial charge is 0.422 e. The van der Waals surface area contributed by atoms with Crippen LogP contribution in [0.2, 0.25) is 5.02 Å². The van der Waals surface area contributed by atoms with Crippen molar-refractivity contribution in [2.45, 2.75) is 26.2 Å². The van der Waals surface area contributed by atoms with Crippen LogP contribution in [0.5, 0.6) is 5.75 Å². The minimum absolute atomic E-state index is 0.0464. The number of nitrogens with zero attached hydrogens (tertiary/aromatic N) is 1. The number of esters is 1. The number of fused-ring (bicyclic) bond motifs is 1.